The molecule has 24 heavy (non-hydrogen) atoms. The molecule has 2 N–H and O–H groups in total. The van der Waals surface area contributed by atoms with Gasteiger partial charge in [-0.15, -0.1) is 24.0 Å². The summed E-state index contributed by atoms with van der Waals surface area (Å²) in [6.07, 6.45) is 0. The minimum Gasteiger partial charge on any atom is -0.359 e. The Bertz CT molecular complexity index is 473. The van der Waals surface area contributed by atoms with E-state index in [2.05, 4.69) is 67.2 Å². The Morgan fingerprint density at radius 2 is 1.96 bits per heavy atom. The SMILES string of the molecule is CCNC(=NCc1cc(C(C)C)no1)NCCN(CC)C(C)C.I. The normalized spacial score (nSPS) is 12.0. The average molecular weight is 451 g/mol. The number of rotatable bonds is 9. The molecule has 0 bridgehead atoms. The fourth-order valence-corrected chi connectivity index (χ4v) is 2.27. The third-order valence-corrected chi connectivity index (χ3v) is 3.73. The van der Waals surface area contributed by atoms with Crippen molar-refractivity contribution >= 4 is 29.9 Å². The molecule has 1 aromatic rings. The maximum Gasteiger partial charge on any atom is 0.191 e. The van der Waals surface area contributed by atoms with Gasteiger partial charge in [0.1, 0.15) is 6.54 Å². The quantitative estimate of drug-likeness (QED) is 0.343. The van der Waals surface area contributed by atoms with Gasteiger partial charge in [0.15, 0.2) is 11.7 Å². The first-order chi connectivity index (χ1) is 11.0. The number of halogens is 1. The molecule has 0 radical (unpaired) electrons. The van der Waals surface area contributed by atoms with Gasteiger partial charge in [-0.2, -0.15) is 0 Å². The summed E-state index contributed by atoms with van der Waals surface area (Å²) < 4.78 is 5.33. The molecular formula is C17H34IN5O. The van der Waals surface area contributed by atoms with Gasteiger partial charge in [-0.05, 0) is 33.2 Å². The van der Waals surface area contributed by atoms with Crippen molar-refractivity contribution in [2.75, 3.05) is 26.2 Å². The smallest absolute Gasteiger partial charge is 0.191 e. The van der Waals surface area contributed by atoms with Gasteiger partial charge in [0, 0.05) is 31.7 Å². The number of nitrogens with one attached hydrogen (secondary N) is 2. The van der Waals surface area contributed by atoms with E-state index in [9.17, 15) is 0 Å². The molecule has 7 heteroatoms. The van der Waals surface area contributed by atoms with E-state index in [1.54, 1.807) is 0 Å². The van der Waals surface area contributed by atoms with Gasteiger partial charge in [-0.1, -0.05) is 25.9 Å². The molecule has 0 aliphatic heterocycles. The van der Waals surface area contributed by atoms with Crippen LogP contribution in [0.5, 0.6) is 0 Å². The minimum atomic E-state index is 0. The highest BCUT2D eigenvalue weighted by molar-refractivity contribution is 14.0. The van der Waals surface area contributed by atoms with Crippen molar-refractivity contribution in [2.45, 2.75) is 60.0 Å². The van der Waals surface area contributed by atoms with Gasteiger partial charge in [0.25, 0.3) is 0 Å². The number of aliphatic imine (C=N–C) groups is 1. The lowest BCUT2D eigenvalue weighted by molar-refractivity contribution is 0.237. The summed E-state index contributed by atoms with van der Waals surface area (Å²) in [5, 5.41) is 10.7. The monoisotopic (exact) mass is 451 g/mol. The molecule has 0 aliphatic rings. The fourth-order valence-electron chi connectivity index (χ4n) is 2.27. The molecule has 6 nitrogen and oxygen atoms in total. The number of nitrogens with zero attached hydrogens (tertiary/aromatic N) is 3. The van der Waals surface area contributed by atoms with E-state index in [-0.39, 0.29) is 24.0 Å². The topological polar surface area (TPSA) is 65.7 Å². The van der Waals surface area contributed by atoms with Crippen molar-refractivity contribution in [2.24, 2.45) is 4.99 Å². The van der Waals surface area contributed by atoms with E-state index in [1.807, 2.05) is 6.07 Å². The number of hydrogen-bond donors (Lipinski definition) is 2. The third kappa shape index (κ3) is 8.32. The summed E-state index contributed by atoms with van der Waals surface area (Å²) in [6.45, 7) is 17.2. The molecule has 0 aromatic carbocycles. The third-order valence-electron chi connectivity index (χ3n) is 3.73. The Hall–Kier alpha value is -0.830. The van der Waals surface area contributed by atoms with Crippen molar-refractivity contribution < 1.29 is 4.52 Å². The molecule has 0 unspecified atom stereocenters. The second kappa shape index (κ2) is 12.5. The zero-order chi connectivity index (χ0) is 17.2. The van der Waals surface area contributed by atoms with Crippen molar-refractivity contribution in [3.8, 4) is 0 Å². The molecule has 1 rings (SSSR count). The lowest BCUT2D eigenvalue weighted by atomic mass is 10.1. The molecule has 0 saturated heterocycles. The van der Waals surface area contributed by atoms with E-state index in [4.69, 9.17) is 4.52 Å². The van der Waals surface area contributed by atoms with Crippen LogP contribution in [0.1, 0.15) is 58.9 Å². The Morgan fingerprint density at radius 3 is 2.46 bits per heavy atom. The van der Waals surface area contributed by atoms with Crippen LogP contribution in [0.2, 0.25) is 0 Å². The summed E-state index contributed by atoms with van der Waals surface area (Å²) in [5.41, 5.74) is 0.976. The van der Waals surface area contributed by atoms with E-state index < -0.39 is 0 Å². The molecule has 1 aromatic heterocycles. The molecular weight excluding hydrogens is 417 g/mol. The van der Waals surface area contributed by atoms with Crippen LogP contribution >= 0.6 is 24.0 Å². The lowest BCUT2D eigenvalue weighted by Crippen LogP contribution is -2.43. The van der Waals surface area contributed by atoms with E-state index >= 15 is 0 Å². The summed E-state index contributed by atoms with van der Waals surface area (Å²) in [7, 11) is 0. The highest BCUT2D eigenvalue weighted by atomic mass is 127. The van der Waals surface area contributed by atoms with Gasteiger partial charge in [0.2, 0.25) is 0 Å². The van der Waals surface area contributed by atoms with Crippen LogP contribution in [0.4, 0.5) is 0 Å². The van der Waals surface area contributed by atoms with E-state index in [0.717, 1.165) is 43.6 Å². The van der Waals surface area contributed by atoms with Gasteiger partial charge < -0.3 is 15.2 Å². The molecule has 1 heterocycles. The first-order valence-electron chi connectivity index (χ1n) is 8.69. The molecule has 0 aliphatic carbocycles. The molecule has 140 valence electrons. The predicted octanol–water partition coefficient (Wildman–Crippen LogP) is 3.20. The number of hydrogen-bond acceptors (Lipinski definition) is 4. The van der Waals surface area contributed by atoms with Crippen LogP contribution in [0.15, 0.2) is 15.6 Å². The number of aromatic nitrogens is 1. The van der Waals surface area contributed by atoms with Crippen LogP contribution in [0, 0.1) is 0 Å². The maximum atomic E-state index is 5.33. The van der Waals surface area contributed by atoms with Gasteiger partial charge in [0.05, 0.1) is 5.69 Å². The molecule has 0 amide bonds. The van der Waals surface area contributed by atoms with Crippen LogP contribution < -0.4 is 10.6 Å². The first kappa shape index (κ1) is 23.2. The summed E-state index contributed by atoms with van der Waals surface area (Å²) in [4.78, 5) is 6.98. The highest BCUT2D eigenvalue weighted by Crippen LogP contribution is 2.14. The van der Waals surface area contributed by atoms with E-state index in [0.29, 0.717) is 18.5 Å². The van der Waals surface area contributed by atoms with Crippen molar-refractivity contribution in [1.29, 1.82) is 0 Å². The van der Waals surface area contributed by atoms with Crippen molar-refractivity contribution in [1.82, 2.24) is 20.7 Å². The van der Waals surface area contributed by atoms with Crippen molar-refractivity contribution in [3.05, 3.63) is 17.5 Å². The van der Waals surface area contributed by atoms with E-state index in [1.165, 1.54) is 0 Å². The van der Waals surface area contributed by atoms with Crippen LogP contribution in [-0.2, 0) is 6.54 Å². The van der Waals surface area contributed by atoms with Gasteiger partial charge in [-0.25, -0.2) is 4.99 Å². The molecule has 0 atom stereocenters. The maximum absolute atomic E-state index is 5.33. The standard InChI is InChI=1S/C17H33N5O.HI/c1-7-18-17(19-9-10-22(8-2)14(5)6)20-12-15-11-16(13(3)4)21-23-15;/h11,13-14H,7-10,12H2,1-6H3,(H2,18,19,20);1H. The van der Waals surface area contributed by atoms with Crippen LogP contribution in [0.3, 0.4) is 0 Å². The van der Waals surface area contributed by atoms with Gasteiger partial charge >= 0.3 is 0 Å². The summed E-state index contributed by atoms with van der Waals surface area (Å²) in [6, 6.07) is 2.54. The largest absolute Gasteiger partial charge is 0.359 e. The predicted molar refractivity (Wildman–Crippen MR) is 111 cm³/mol. The zero-order valence-electron chi connectivity index (χ0n) is 15.9. The van der Waals surface area contributed by atoms with Crippen LogP contribution in [0.25, 0.3) is 0 Å². The second-order valence-corrected chi connectivity index (χ2v) is 6.22. The lowest BCUT2D eigenvalue weighted by Gasteiger charge is -2.25. The highest BCUT2D eigenvalue weighted by Gasteiger charge is 2.08. The number of likely N-dealkylation sites (N-methyl/N-ethyl adjacent to an activating group) is 1. The number of guanidine groups is 1. The average Bonchev–Trinajstić information content (AvgIpc) is 2.97. The van der Waals surface area contributed by atoms with Gasteiger partial charge in [-0.3, -0.25) is 4.90 Å². The Morgan fingerprint density at radius 1 is 1.25 bits per heavy atom. The summed E-state index contributed by atoms with van der Waals surface area (Å²) >= 11 is 0. The Labute approximate surface area is 163 Å². The first-order valence-corrected chi connectivity index (χ1v) is 8.69. The molecule has 0 spiro atoms. The zero-order valence-corrected chi connectivity index (χ0v) is 18.3. The second-order valence-electron chi connectivity index (χ2n) is 6.22. The molecule has 0 fully saturated rings. The van der Waals surface area contributed by atoms with Crippen LogP contribution in [-0.4, -0.2) is 48.2 Å². The van der Waals surface area contributed by atoms with Crippen molar-refractivity contribution in [3.63, 3.8) is 0 Å². The minimum absolute atomic E-state index is 0. The molecule has 0 saturated carbocycles. The fraction of sp³-hybridized carbons (Fsp3) is 0.765. The Balaban J connectivity index is 0.00000529. The Kier molecular flexibility index (Phi) is 12.1. The summed E-state index contributed by atoms with van der Waals surface area (Å²) in [5.74, 6) is 1.98.